The monoisotopic (exact) mass is 375 g/mol. The first kappa shape index (κ1) is 19.6. The van der Waals surface area contributed by atoms with Gasteiger partial charge in [-0.3, -0.25) is 4.79 Å². The van der Waals surface area contributed by atoms with Gasteiger partial charge in [0.1, 0.15) is 5.82 Å². The van der Waals surface area contributed by atoms with Crippen LogP contribution >= 0.6 is 0 Å². The number of urea groups is 1. The van der Waals surface area contributed by atoms with E-state index in [1.807, 2.05) is 4.90 Å². The summed E-state index contributed by atoms with van der Waals surface area (Å²) >= 11 is 0. The van der Waals surface area contributed by atoms with E-state index < -0.39 is 0 Å². The van der Waals surface area contributed by atoms with Crippen LogP contribution in [0, 0.1) is 11.7 Å². The molecule has 2 aliphatic rings. The predicted molar refractivity (Wildman–Crippen MR) is 103 cm³/mol. The molecule has 1 aromatic carbocycles. The molecule has 148 valence electrons. The fourth-order valence-corrected chi connectivity index (χ4v) is 4.03. The van der Waals surface area contributed by atoms with Gasteiger partial charge in [0.05, 0.1) is 0 Å². The van der Waals surface area contributed by atoms with Crippen LogP contribution in [0.5, 0.6) is 0 Å². The third-order valence-electron chi connectivity index (χ3n) is 5.78. The van der Waals surface area contributed by atoms with Crippen molar-refractivity contribution in [1.29, 1.82) is 0 Å². The zero-order chi connectivity index (χ0) is 19.1. The van der Waals surface area contributed by atoms with E-state index in [1.165, 1.54) is 43.5 Å². The fourth-order valence-electron chi connectivity index (χ4n) is 4.03. The molecule has 1 heterocycles. The number of nitrogens with one attached hydrogen (secondary N) is 2. The molecule has 0 unspecified atom stereocenters. The Labute approximate surface area is 160 Å². The van der Waals surface area contributed by atoms with E-state index in [0.717, 1.165) is 45.2 Å². The molecule has 0 bridgehead atoms. The van der Waals surface area contributed by atoms with Crippen molar-refractivity contribution in [3.63, 3.8) is 0 Å². The second-order valence-electron chi connectivity index (χ2n) is 7.77. The van der Waals surface area contributed by atoms with Gasteiger partial charge in [0, 0.05) is 31.2 Å². The third-order valence-corrected chi connectivity index (χ3v) is 5.78. The number of likely N-dealkylation sites (tertiary alicyclic amines) is 1. The van der Waals surface area contributed by atoms with Crippen LogP contribution in [0.1, 0.15) is 61.7 Å². The van der Waals surface area contributed by atoms with E-state index in [0.29, 0.717) is 24.1 Å². The van der Waals surface area contributed by atoms with Crippen molar-refractivity contribution in [2.75, 3.05) is 19.6 Å². The number of carbonyl (C=O) groups is 2. The van der Waals surface area contributed by atoms with E-state index in [-0.39, 0.29) is 17.8 Å². The summed E-state index contributed by atoms with van der Waals surface area (Å²) in [5, 5.41) is 6.09. The highest BCUT2D eigenvalue weighted by molar-refractivity contribution is 5.94. The van der Waals surface area contributed by atoms with Crippen LogP contribution in [-0.2, 0) is 0 Å². The van der Waals surface area contributed by atoms with Crippen LogP contribution < -0.4 is 10.6 Å². The maximum atomic E-state index is 12.9. The number of halogens is 1. The number of hydrogen-bond acceptors (Lipinski definition) is 2. The number of carbonyl (C=O) groups excluding carboxylic acids is 2. The third kappa shape index (κ3) is 5.94. The quantitative estimate of drug-likeness (QED) is 0.824. The Hall–Kier alpha value is -2.11. The number of piperidine rings is 1. The lowest BCUT2D eigenvalue weighted by atomic mass is 9.93. The highest BCUT2D eigenvalue weighted by atomic mass is 19.1. The van der Waals surface area contributed by atoms with Crippen LogP contribution in [0.25, 0.3) is 0 Å². The molecule has 2 N–H and O–H groups in total. The van der Waals surface area contributed by atoms with E-state index in [2.05, 4.69) is 10.6 Å². The van der Waals surface area contributed by atoms with E-state index in [1.54, 1.807) is 0 Å². The van der Waals surface area contributed by atoms with Gasteiger partial charge in [-0.25, -0.2) is 9.18 Å². The lowest BCUT2D eigenvalue weighted by Gasteiger charge is -2.34. The Bertz CT molecular complexity index is 621. The molecule has 0 spiro atoms. The van der Waals surface area contributed by atoms with Crippen molar-refractivity contribution < 1.29 is 14.0 Å². The topological polar surface area (TPSA) is 61.4 Å². The molecule has 2 fully saturated rings. The SMILES string of the molecule is O=C(NCCC1CCN(C(=O)NC2CCCCC2)CC1)c1ccc(F)cc1. The number of rotatable bonds is 5. The first-order valence-electron chi connectivity index (χ1n) is 10.2. The largest absolute Gasteiger partial charge is 0.352 e. The molecule has 5 nitrogen and oxygen atoms in total. The first-order chi connectivity index (χ1) is 13.1. The Kier molecular flexibility index (Phi) is 7.07. The Morgan fingerprint density at radius 1 is 1.00 bits per heavy atom. The summed E-state index contributed by atoms with van der Waals surface area (Å²) < 4.78 is 12.9. The summed E-state index contributed by atoms with van der Waals surface area (Å²) in [6.07, 6.45) is 8.80. The van der Waals surface area contributed by atoms with Gasteiger partial charge in [-0.05, 0) is 62.3 Å². The van der Waals surface area contributed by atoms with Gasteiger partial charge in [0.25, 0.3) is 5.91 Å². The van der Waals surface area contributed by atoms with Crippen molar-refractivity contribution in [3.8, 4) is 0 Å². The maximum Gasteiger partial charge on any atom is 0.317 e. The summed E-state index contributed by atoms with van der Waals surface area (Å²) in [5.41, 5.74) is 0.477. The molecular formula is C21H30FN3O2. The van der Waals surface area contributed by atoms with Crippen LogP contribution in [-0.4, -0.2) is 42.5 Å². The minimum Gasteiger partial charge on any atom is -0.352 e. The highest BCUT2D eigenvalue weighted by Crippen LogP contribution is 2.21. The van der Waals surface area contributed by atoms with E-state index in [9.17, 15) is 14.0 Å². The van der Waals surface area contributed by atoms with Gasteiger partial charge in [0.15, 0.2) is 0 Å². The van der Waals surface area contributed by atoms with Gasteiger partial charge in [-0.1, -0.05) is 19.3 Å². The summed E-state index contributed by atoms with van der Waals surface area (Å²) in [4.78, 5) is 26.4. The molecule has 6 heteroatoms. The molecule has 0 radical (unpaired) electrons. The van der Waals surface area contributed by atoms with Crippen molar-refractivity contribution in [3.05, 3.63) is 35.6 Å². The highest BCUT2D eigenvalue weighted by Gasteiger charge is 2.24. The molecular weight excluding hydrogens is 345 g/mol. The normalized spacial score (nSPS) is 18.9. The van der Waals surface area contributed by atoms with Crippen molar-refractivity contribution in [2.24, 2.45) is 5.92 Å². The summed E-state index contributed by atoms with van der Waals surface area (Å²) in [6.45, 7) is 2.18. The molecule has 0 atom stereocenters. The molecule has 1 aliphatic heterocycles. The van der Waals surface area contributed by atoms with Gasteiger partial charge < -0.3 is 15.5 Å². The fraction of sp³-hybridized carbons (Fsp3) is 0.619. The number of nitrogens with zero attached hydrogens (tertiary/aromatic N) is 1. The predicted octanol–water partition coefficient (Wildman–Crippen LogP) is 3.70. The van der Waals surface area contributed by atoms with Crippen LogP contribution in [0.3, 0.4) is 0 Å². The second-order valence-corrected chi connectivity index (χ2v) is 7.77. The van der Waals surface area contributed by atoms with Gasteiger partial charge in [-0.15, -0.1) is 0 Å². The second kappa shape index (κ2) is 9.72. The molecule has 1 aromatic rings. The Morgan fingerprint density at radius 3 is 2.33 bits per heavy atom. The van der Waals surface area contributed by atoms with Crippen LogP contribution in [0.15, 0.2) is 24.3 Å². The zero-order valence-corrected chi connectivity index (χ0v) is 15.9. The molecule has 1 saturated heterocycles. The molecule has 27 heavy (non-hydrogen) atoms. The smallest absolute Gasteiger partial charge is 0.317 e. The summed E-state index contributed by atoms with van der Waals surface area (Å²) in [6, 6.07) is 6.02. The van der Waals surface area contributed by atoms with Gasteiger partial charge >= 0.3 is 6.03 Å². The summed E-state index contributed by atoms with van der Waals surface area (Å²) in [5.74, 6) is 0.0161. The molecule has 1 saturated carbocycles. The van der Waals surface area contributed by atoms with Gasteiger partial charge in [-0.2, -0.15) is 0 Å². The Balaban J connectivity index is 1.32. The molecule has 0 aromatic heterocycles. The van der Waals surface area contributed by atoms with Crippen molar-refractivity contribution >= 4 is 11.9 Å². The minimum absolute atomic E-state index is 0.0879. The lowest BCUT2D eigenvalue weighted by Crippen LogP contribution is -2.48. The van der Waals surface area contributed by atoms with E-state index >= 15 is 0 Å². The Morgan fingerprint density at radius 2 is 1.67 bits per heavy atom. The average Bonchev–Trinajstić information content (AvgIpc) is 2.69. The first-order valence-corrected chi connectivity index (χ1v) is 10.2. The minimum atomic E-state index is -0.342. The van der Waals surface area contributed by atoms with Crippen molar-refractivity contribution in [2.45, 2.75) is 57.4 Å². The van der Waals surface area contributed by atoms with E-state index in [4.69, 9.17) is 0 Å². The lowest BCUT2D eigenvalue weighted by molar-refractivity contribution is 0.0949. The zero-order valence-electron chi connectivity index (χ0n) is 15.9. The van der Waals surface area contributed by atoms with Crippen LogP contribution in [0.4, 0.5) is 9.18 Å². The number of hydrogen-bond donors (Lipinski definition) is 2. The van der Waals surface area contributed by atoms with Gasteiger partial charge in [0.2, 0.25) is 0 Å². The standard InChI is InChI=1S/C21H30FN3O2/c22-18-8-6-17(7-9-18)20(26)23-13-10-16-11-14-25(15-12-16)21(27)24-19-4-2-1-3-5-19/h6-9,16,19H,1-5,10-15H2,(H,23,26)(H,24,27). The molecule has 3 amide bonds. The number of amides is 3. The van der Waals surface area contributed by atoms with Crippen molar-refractivity contribution in [1.82, 2.24) is 15.5 Å². The summed E-state index contributed by atoms with van der Waals surface area (Å²) in [7, 11) is 0. The maximum absolute atomic E-state index is 12.9. The number of benzene rings is 1. The molecule has 1 aliphatic carbocycles. The molecule has 3 rings (SSSR count). The van der Waals surface area contributed by atoms with Crippen LogP contribution in [0.2, 0.25) is 0 Å². The average molecular weight is 375 g/mol.